The van der Waals surface area contributed by atoms with Crippen LogP contribution in [0.4, 0.5) is 4.79 Å². The third-order valence-electron chi connectivity index (χ3n) is 0. The first-order chi connectivity index (χ1) is 3.73. The Labute approximate surface area is 111 Å². The molecule has 0 N–H and O–H groups in total. The first-order valence-corrected chi connectivity index (χ1v) is 2.80. The van der Waals surface area contributed by atoms with Gasteiger partial charge in [0.15, 0.2) is 0 Å². The molecule has 0 spiro atoms. The van der Waals surface area contributed by atoms with E-state index >= 15 is 0 Å². The minimum atomic E-state index is -5.39. The minimum Gasteiger partial charge on any atom is -0.822 e. The van der Waals surface area contributed by atoms with E-state index in [-0.39, 0.29) is 63.4 Å². The Morgan fingerprint density at radius 2 is 1.09 bits per heavy atom. The van der Waals surface area contributed by atoms with Crippen LogP contribution in [0.3, 0.4) is 0 Å². The Hall–Kier alpha value is 1.38. The Morgan fingerprint density at radius 1 is 1.09 bits per heavy atom. The van der Waals surface area contributed by atoms with E-state index in [4.69, 9.17) is 34.3 Å². The van der Waals surface area contributed by atoms with Crippen LogP contribution in [0.1, 0.15) is 4.28 Å². The second kappa shape index (κ2) is 11.4. The molecule has 0 fully saturated rings. The predicted octanol–water partition coefficient (Wildman–Crippen LogP) is -10.9. The Morgan fingerprint density at radius 3 is 1.09 bits per heavy atom. The summed E-state index contributed by atoms with van der Waals surface area (Å²) in [6.07, 6.45) is -2.33. The fourth-order valence-corrected chi connectivity index (χ4v) is 0. The predicted molar refractivity (Wildman–Crippen MR) is 16.3 cm³/mol. The second-order valence-corrected chi connectivity index (χ2v) is 1.59. The van der Waals surface area contributed by atoms with Gasteiger partial charge in [0, 0.05) is 0 Å². The van der Waals surface area contributed by atoms with Crippen molar-refractivity contribution in [3.63, 3.8) is 0 Å². The number of carbonyl (C=O) groups excluding carboxylic acids is 1. The number of carbonyl (C=O) groups is 1. The van der Waals surface area contributed by atoms with Crippen LogP contribution in [0.2, 0.25) is 0 Å². The van der Waals surface area contributed by atoms with Gasteiger partial charge in [-0.25, -0.2) is 0 Å². The van der Waals surface area contributed by atoms with Crippen molar-refractivity contribution in [1.82, 2.24) is 0 Å². The monoisotopic (exact) mass is 204 g/mol. The fraction of sp³-hybridized carbons (Fsp3) is 0. The topological polar surface area (TPSA) is 149 Å². The molecular weight excluding hydrogens is 201 g/mol. The van der Waals surface area contributed by atoms with Gasteiger partial charge in [-0.2, -0.15) is 7.82 Å². The van der Waals surface area contributed by atoms with Crippen molar-refractivity contribution in [2.24, 2.45) is 0 Å². The van der Waals surface area contributed by atoms with E-state index in [1.807, 2.05) is 0 Å². The number of hydrogen-bond acceptors (Lipinski definition) is 7. The smallest absolute Gasteiger partial charge is 0.822 e. The normalized spacial score (nSPS) is 7.55. The van der Waals surface area contributed by atoms with Crippen molar-refractivity contribution >= 4 is 14.0 Å². The number of phosphoric acid groups is 1. The summed E-state index contributed by atoms with van der Waals surface area (Å²) in [4.78, 5) is 34.0. The standard InChI is InChI=1S/CH2O3.2Na.H3O4P/c2-1(3)4;;;1-5(2,3)4/h(H2,2,3,4);;;(H3,1,2,3,4)/q;2*+1;/p-2. The number of hydrogen-bond donors (Lipinski definition) is 0. The molecule has 7 nitrogen and oxygen atoms in total. The maximum Gasteiger partial charge on any atom is 1.00 e. The molecule has 0 saturated heterocycles. The summed E-state index contributed by atoms with van der Waals surface area (Å²) in [7, 11) is -5.39. The Bertz CT molecular complexity index is 127. The van der Waals surface area contributed by atoms with Gasteiger partial charge < -0.3 is 34.3 Å². The summed E-state index contributed by atoms with van der Waals surface area (Å²) < 4.78 is 8.55. The first-order valence-electron chi connectivity index (χ1n) is 1.34. The molecule has 0 aromatic carbocycles. The molecule has 0 aliphatic heterocycles. The zero-order chi connectivity index (χ0) is 8.08. The summed E-state index contributed by atoms with van der Waals surface area (Å²) >= 11 is 0. The van der Waals surface area contributed by atoms with E-state index in [1.54, 1.807) is 0 Å². The first kappa shape index (κ1) is 22.8. The minimum absolute atomic E-state index is 0. The molecule has 0 aromatic heterocycles. The summed E-state index contributed by atoms with van der Waals surface area (Å²) in [5, 5.41) is 16.7. The fourth-order valence-electron chi connectivity index (χ4n) is 0. The van der Waals surface area contributed by atoms with Crippen LogP contribution in [0, 0.1) is 0 Å². The van der Waals surface area contributed by atoms with E-state index in [0.717, 1.165) is 0 Å². The molecule has 0 unspecified atom stereocenters. The van der Waals surface area contributed by atoms with E-state index in [9.17, 15) is 0 Å². The van der Waals surface area contributed by atoms with E-state index in [2.05, 4.69) is 0 Å². The summed E-state index contributed by atoms with van der Waals surface area (Å²) in [5.74, 6) is 0. The SMILES string of the molecule is O=C([O-])[O-].O=P([O-])([O-])[O-].[H+].[H+].[H+].[Na+].[Na+]. The Kier molecular flexibility index (Phi) is 23.6. The molecule has 11 heavy (non-hydrogen) atoms. The van der Waals surface area contributed by atoms with Crippen molar-refractivity contribution in [3.05, 3.63) is 0 Å². The zero-order valence-corrected chi connectivity index (χ0v) is 10.7. The Balaban J connectivity index is -0.0000000104. The zero-order valence-electron chi connectivity index (χ0n) is 8.80. The molecule has 0 radical (unpaired) electrons. The molecule has 0 rings (SSSR count). The molecule has 0 bridgehead atoms. The van der Waals surface area contributed by atoms with Crippen LogP contribution >= 0.6 is 7.82 Å². The molecule has 0 amide bonds. The van der Waals surface area contributed by atoms with Crippen LogP contribution in [0.15, 0.2) is 0 Å². The molecule has 0 aromatic rings. The molecule has 0 aliphatic rings. The van der Waals surface area contributed by atoms with Crippen molar-refractivity contribution in [2.45, 2.75) is 0 Å². The van der Waals surface area contributed by atoms with Crippen molar-refractivity contribution in [2.75, 3.05) is 0 Å². The average molecular weight is 204 g/mol. The molecule has 56 valence electrons. The largest absolute Gasteiger partial charge is 1.00 e. The number of rotatable bonds is 0. The quantitative estimate of drug-likeness (QED) is 0.280. The van der Waals surface area contributed by atoms with Gasteiger partial charge in [0.1, 0.15) is 0 Å². The molecule has 10 heteroatoms. The van der Waals surface area contributed by atoms with Crippen LogP contribution < -0.4 is 84.0 Å². The van der Waals surface area contributed by atoms with E-state index in [0.29, 0.717) is 0 Å². The van der Waals surface area contributed by atoms with Gasteiger partial charge in [0.2, 0.25) is 0 Å². The maximum absolute atomic E-state index is 8.55. The molecule has 0 saturated carbocycles. The number of carboxylic acid groups (broad SMARTS) is 2. The third-order valence-corrected chi connectivity index (χ3v) is 0. The molecule has 0 heterocycles. The van der Waals surface area contributed by atoms with Crippen LogP contribution in [0.5, 0.6) is 0 Å². The van der Waals surface area contributed by atoms with Crippen LogP contribution in [0.25, 0.3) is 0 Å². The van der Waals surface area contributed by atoms with Crippen molar-refractivity contribution < 1.29 is 97.6 Å². The third kappa shape index (κ3) is 526. The van der Waals surface area contributed by atoms with Gasteiger partial charge in [-0.15, -0.1) is 0 Å². The molecule has 0 aliphatic carbocycles. The molecular formula is CH3Na2O7P. The van der Waals surface area contributed by atoms with E-state index < -0.39 is 14.0 Å². The summed E-state index contributed by atoms with van der Waals surface area (Å²) in [6.45, 7) is 0. The van der Waals surface area contributed by atoms with Gasteiger partial charge in [0.25, 0.3) is 0 Å². The van der Waals surface area contributed by atoms with E-state index in [1.165, 1.54) is 0 Å². The average Bonchev–Trinajstić information content (AvgIpc) is 1.19. The van der Waals surface area contributed by atoms with Crippen molar-refractivity contribution in [1.29, 1.82) is 0 Å². The van der Waals surface area contributed by atoms with Crippen LogP contribution in [-0.4, -0.2) is 6.16 Å². The summed E-state index contributed by atoms with van der Waals surface area (Å²) in [6, 6.07) is 0. The van der Waals surface area contributed by atoms with Crippen LogP contribution in [-0.2, 0) is 4.57 Å². The van der Waals surface area contributed by atoms with Gasteiger partial charge in [-0.05, 0) is 6.16 Å². The maximum atomic E-state index is 8.55. The van der Waals surface area contributed by atoms with Gasteiger partial charge >= 0.3 is 63.4 Å². The van der Waals surface area contributed by atoms with Crippen molar-refractivity contribution in [3.8, 4) is 0 Å². The van der Waals surface area contributed by atoms with Gasteiger partial charge in [0.05, 0.1) is 0 Å². The van der Waals surface area contributed by atoms with Gasteiger partial charge in [-0.3, -0.25) is 0 Å². The second-order valence-electron chi connectivity index (χ2n) is 0.697. The van der Waals surface area contributed by atoms with Gasteiger partial charge in [-0.1, -0.05) is 0 Å². The molecule has 0 atom stereocenters. The summed E-state index contributed by atoms with van der Waals surface area (Å²) in [5.41, 5.74) is 0.